The Morgan fingerprint density at radius 3 is 2.70 bits per heavy atom. The molecular weight excluding hydrogens is 278 g/mol. The minimum Gasteiger partial charge on any atom is -0.486 e. The van der Waals surface area contributed by atoms with Gasteiger partial charge in [0.05, 0.1) is 0 Å². The van der Waals surface area contributed by atoms with Gasteiger partial charge in [-0.15, -0.1) is 5.10 Å². The summed E-state index contributed by atoms with van der Waals surface area (Å²) in [5.74, 6) is 2.21. The third kappa shape index (κ3) is 3.20. The van der Waals surface area contributed by atoms with Crippen molar-refractivity contribution in [3.05, 3.63) is 35.1 Å². The van der Waals surface area contributed by atoms with Crippen LogP contribution in [0.15, 0.2) is 24.3 Å². The lowest BCUT2D eigenvalue weighted by Gasteiger charge is -2.25. The molecule has 0 spiro atoms. The number of rotatable bonds is 4. The van der Waals surface area contributed by atoms with Crippen LogP contribution in [0.1, 0.15) is 5.82 Å². The van der Waals surface area contributed by atoms with Crippen molar-refractivity contribution in [2.24, 2.45) is 0 Å². The number of nitrogens with zero attached hydrogens (tertiary/aromatic N) is 3. The lowest BCUT2D eigenvalue weighted by molar-refractivity contribution is 0.296. The standard InChI is InChI=1S/C13H16ClN5O/c14-10-1-3-11(4-2-10)20-9-12-16-13(18-17-12)19-7-5-15-6-8-19/h1-4,15H,5-9H2,(H,16,17,18). The van der Waals surface area contributed by atoms with Gasteiger partial charge in [0.1, 0.15) is 12.4 Å². The summed E-state index contributed by atoms with van der Waals surface area (Å²) in [7, 11) is 0. The first-order chi connectivity index (χ1) is 9.81. The monoisotopic (exact) mass is 293 g/mol. The molecule has 6 nitrogen and oxygen atoms in total. The minimum absolute atomic E-state index is 0.362. The molecule has 7 heteroatoms. The smallest absolute Gasteiger partial charge is 0.244 e. The summed E-state index contributed by atoms with van der Waals surface area (Å²) in [5, 5.41) is 11.1. The fraction of sp³-hybridized carbons (Fsp3) is 0.385. The van der Waals surface area contributed by atoms with Crippen molar-refractivity contribution in [2.45, 2.75) is 6.61 Å². The van der Waals surface area contributed by atoms with Crippen LogP contribution in [0.3, 0.4) is 0 Å². The normalized spacial score (nSPS) is 15.3. The largest absolute Gasteiger partial charge is 0.486 e. The Kier molecular flexibility index (Phi) is 4.03. The van der Waals surface area contributed by atoms with E-state index in [4.69, 9.17) is 16.3 Å². The summed E-state index contributed by atoms with van der Waals surface area (Å²) >= 11 is 5.82. The maximum absolute atomic E-state index is 5.82. The summed E-state index contributed by atoms with van der Waals surface area (Å²) < 4.78 is 5.62. The van der Waals surface area contributed by atoms with Crippen LogP contribution in [0.5, 0.6) is 5.75 Å². The second-order valence-corrected chi connectivity index (χ2v) is 5.00. The molecule has 0 bridgehead atoms. The molecule has 0 saturated carbocycles. The molecule has 1 saturated heterocycles. The third-order valence-corrected chi connectivity index (χ3v) is 3.36. The number of H-pyrrole nitrogens is 1. The van der Waals surface area contributed by atoms with Gasteiger partial charge in [0.15, 0.2) is 5.82 Å². The predicted molar refractivity (Wildman–Crippen MR) is 77.2 cm³/mol. The second kappa shape index (κ2) is 6.11. The number of hydrogen-bond donors (Lipinski definition) is 2. The van der Waals surface area contributed by atoms with Gasteiger partial charge in [-0.1, -0.05) is 11.6 Å². The maximum Gasteiger partial charge on any atom is 0.244 e. The van der Waals surface area contributed by atoms with Crippen LogP contribution in [0.2, 0.25) is 5.02 Å². The molecule has 106 valence electrons. The Hall–Kier alpha value is -1.79. The molecular formula is C13H16ClN5O. The van der Waals surface area contributed by atoms with E-state index in [9.17, 15) is 0 Å². The number of aromatic nitrogens is 3. The predicted octanol–water partition coefficient (Wildman–Crippen LogP) is 1.45. The summed E-state index contributed by atoms with van der Waals surface area (Å²) in [6, 6.07) is 7.25. The molecule has 0 radical (unpaired) electrons. The van der Waals surface area contributed by atoms with Crippen molar-refractivity contribution in [1.82, 2.24) is 20.5 Å². The van der Waals surface area contributed by atoms with Crippen LogP contribution in [0, 0.1) is 0 Å². The van der Waals surface area contributed by atoms with E-state index >= 15 is 0 Å². The van der Waals surface area contributed by atoms with Gasteiger partial charge < -0.3 is 15.0 Å². The molecule has 1 aliphatic rings. The van der Waals surface area contributed by atoms with E-state index in [2.05, 4.69) is 25.4 Å². The molecule has 2 aromatic rings. The van der Waals surface area contributed by atoms with E-state index in [1.807, 2.05) is 12.1 Å². The number of piperazine rings is 1. The van der Waals surface area contributed by atoms with Crippen molar-refractivity contribution in [2.75, 3.05) is 31.1 Å². The molecule has 20 heavy (non-hydrogen) atoms. The average Bonchev–Trinajstić information content (AvgIpc) is 2.97. The first-order valence-corrected chi connectivity index (χ1v) is 6.94. The summed E-state index contributed by atoms with van der Waals surface area (Å²) in [4.78, 5) is 6.60. The first-order valence-electron chi connectivity index (χ1n) is 6.56. The molecule has 1 aromatic heterocycles. The van der Waals surface area contributed by atoms with Gasteiger partial charge in [-0.2, -0.15) is 4.98 Å². The number of halogens is 1. The Morgan fingerprint density at radius 2 is 1.95 bits per heavy atom. The number of hydrogen-bond acceptors (Lipinski definition) is 5. The highest BCUT2D eigenvalue weighted by Gasteiger charge is 2.14. The Balaban J connectivity index is 1.58. The van der Waals surface area contributed by atoms with Crippen molar-refractivity contribution < 1.29 is 4.74 Å². The number of benzene rings is 1. The quantitative estimate of drug-likeness (QED) is 0.893. The fourth-order valence-corrected chi connectivity index (χ4v) is 2.16. The molecule has 1 aliphatic heterocycles. The van der Waals surface area contributed by atoms with E-state index in [1.54, 1.807) is 12.1 Å². The minimum atomic E-state index is 0.362. The number of nitrogens with one attached hydrogen (secondary N) is 2. The highest BCUT2D eigenvalue weighted by molar-refractivity contribution is 6.30. The van der Waals surface area contributed by atoms with Crippen molar-refractivity contribution >= 4 is 17.5 Å². The zero-order chi connectivity index (χ0) is 13.8. The summed E-state index contributed by atoms with van der Waals surface area (Å²) in [5.41, 5.74) is 0. The summed E-state index contributed by atoms with van der Waals surface area (Å²) in [6.07, 6.45) is 0. The second-order valence-electron chi connectivity index (χ2n) is 4.56. The molecule has 0 aliphatic carbocycles. The van der Waals surface area contributed by atoms with Gasteiger partial charge in [-0.05, 0) is 24.3 Å². The van der Waals surface area contributed by atoms with Crippen LogP contribution in [-0.4, -0.2) is 41.4 Å². The lowest BCUT2D eigenvalue weighted by atomic mass is 10.3. The third-order valence-electron chi connectivity index (χ3n) is 3.11. The molecule has 2 heterocycles. The van der Waals surface area contributed by atoms with Gasteiger partial charge in [0.25, 0.3) is 0 Å². The lowest BCUT2D eigenvalue weighted by Crippen LogP contribution is -2.44. The molecule has 1 fully saturated rings. The molecule has 1 aromatic carbocycles. The Morgan fingerprint density at radius 1 is 1.20 bits per heavy atom. The molecule has 0 atom stereocenters. The zero-order valence-corrected chi connectivity index (χ0v) is 11.7. The highest BCUT2D eigenvalue weighted by atomic mass is 35.5. The van der Waals surface area contributed by atoms with Crippen molar-refractivity contribution in [3.8, 4) is 5.75 Å². The highest BCUT2D eigenvalue weighted by Crippen LogP contribution is 2.16. The first kappa shape index (κ1) is 13.2. The number of anilines is 1. The maximum atomic E-state index is 5.82. The van der Waals surface area contributed by atoms with Gasteiger partial charge in [0, 0.05) is 31.2 Å². The number of aromatic amines is 1. The number of ether oxygens (including phenoxy) is 1. The van der Waals surface area contributed by atoms with Gasteiger partial charge in [0.2, 0.25) is 5.95 Å². The van der Waals surface area contributed by atoms with E-state index < -0.39 is 0 Å². The van der Waals surface area contributed by atoms with E-state index in [0.29, 0.717) is 17.5 Å². The topological polar surface area (TPSA) is 66.1 Å². The van der Waals surface area contributed by atoms with Crippen LogP contribution in [-0.2, 0) is 6.61 Å². The van der Waals surface area contributed by atoms with Crippen LogP contribution < -0.4 is 15.0 Å². The van der Waals surface area contributed by atoms with Gasteiger partial charge >= 0.3 is 0 Å². The molecule has 3 rings (SSSR count). The summed E-state index contributed by atoms with van der Waals surface area (Å²) in [6.45, 7) is 4.14. The Labute approximate surface area is 122 Å². The van der Waals surface area contributed by atoms with Crippen molar-refractivity contribution in [1.29, 1.82) is 0 Å². The van der Waals surface area contributed by atoms with Crippen molar-refractivity contribution in [3.63, 3.8) is 0 Å². The van der Waals surface area contributed by atoms with Gasteiger partial charge in [-0.25, -0.2) is 0 Å². The molecule has 0 amide bonds. The van der Waals surface area contributed by atoms with Gasteiger partial charge in [-0.3, -0.25) is 5.10 Å². The Bertz CT molecular complexity index is 550. The van der Waals surface area contributed by atoms with Crippen LogP contribution >= 0.6 is 11.6 Å². The zero-order valence-electron chi connectivity index (χ0n) is 11.0. The van der Waals surface area contributed by atoms with E-state index in [1.165, 1.54) is 0 Å². The SMILES string of the molecule is Clc1ccc(OCc2nc(N3CCNCC3)n[nH]2)cc1. The molecule has 2 N–H and O–H groups in total. The molecule has 0 unspecified atom stereocenters. The van der Waals surface area contributed by atoms with E-state index in [-0.39, 0.29) is 0 Å². The van der Waals surface area contributed by atoms with Crippen LogP contribution in [0.4, 0.5) is 5.95 Å². The average molecular weight is 294 g/mol. The van der Waals surface area contributed by atoms with Crippen LogP contribution in [0.25, 0.3) is 0 Å². The fourth-order valence-electron chi connectivity index (χ4n) is 2.04. The van der Waals surface area contributed by atoms with E-state index in [0.717, 1.165) is 37.9 Å².